The van der Waals surface area contributed by atoms with E-state index in [-0.39, 0.29) is 24.1 Å². The zero-order chi connectivity index (χ0) is 27.7. The van der Waals surface area contributed by atoms with Gasteiger partial charge in [-0.05, 0) is 81.3 Å². The highest BCUT2D eigenvalue weighted by atomic mass is 16.5. The number of ketones is 2. The van der Waals surface area contributed by atoms with Gasteiger partial charge in [-0.1, -0.05) is 18.2 Å². The lowest BCUT2D eigenvalue weighted by molar-refractivity contribution is -0.118. The molecule has 1 N–H and O–H groups in total. The number of rotatable bonds is 7. The van der Waals surface area contributed by atoms with E-state index in [2.05, 4.69) is 17.1 Å². The monoisotopic (exact) mass is 528 g/mol. The van der Waals surface area contributed by atoms with Gasteiger partial charge < -0.3 is 19.7 Å². The highest BCUT2D eigenvalue weighted by Gasteiger charge is 2.43. The van der Waals surface area contributed by atoms with Gasteiger partial charge in [0, 0.05) is 53.5 Å². The highest BCUT2D eigenvalue weighted by molar-refractivity contribution is 6.06. The third-order valence-electron chi connectivity index (χ3n) is 8.16. The first kappa shape index (κ1) is 26.7. The van der Waals surface area contributed by atoms with Crippen LogP contribution >= 0.6 is 0 Å². The normalized spacial score (nSPS) is 17.7. The topological polar surface area (TPSA) is 84.9 Å². The number of benzene rings is 2. The smallest absolute Gasteiger partial charge is 0.262 e. The lowest BCUT2D eigenvalue weighted by Gasteiger charge is -2.43. The number of nitrogens with one attached hydrogen (secondary N) is 1. The molecule has 0 fully saturated rings. The molecule has 1 heterocycles. The van der Waals surface area contributed by atoms with E-state index in [0.717, 1.165) is 77.1 Å². The molecular formula is C32H36N2O5. The molecule has 204 valence electrons. The summed E-state index contributed by atoms with van der Waals surface area (Å²) in [5.74, 6) is 0.442. The number of Topliss-reactive ketones (excluding diaryl/α,β-unsaturated/α-hetero) is 2. The molecule has 0 saturated heterocycles. The number of allylic oxidation sites excluding steroid dienone is 4. The average Bonchev–Trinajstić information content (AvgIpc) is 2.93. The average molecular weight is 529 g/mol. The van der Waals surface area contributed by atoms with Crippen LogP contribution in [0.5, 0.6) is 11.5 Å². The summed E-state index contributed by atoms with van der Waals surface area (Å²) in [5, 5.41) is 2.91. The fourth-order valence-corrected chi connectivity index (χ4v) is 6.13. The molecule has 3 aliphatic rings. The van der Waals surface area contributed by atoms with E-state index in [0.29, 0.717) is 24.3 Å². The van der Waals surface area contributed by atoms with Crippen molar-refractivity contribution in [1.82, 2.24) is 4.90 Å². The van der Waals surface area contributed by atoms with E-state index in [1.165, 1.54) is 0 Å². The molecular weight excluding hydrogens is 492 g/mol. The summed E-state index contributed by atoms with van der Waals surface area (Å²) in [6.45, 7) is 6.61. The molecule has 0 bridgehead atoms. The van der Waals surface area contributed by atoms with Crippen molar-refractivity contribution in [3.05, 3.63) is 75.6 Å². The molecule has 1 amide bonds. The van der Waals surface area contributed by atoms with Crippen LogP contribution in [0.3, 0.4) is 0 Å². The first-order valence-corrected chi connectivity index (χ1v) is 13.8. The van der Waals surface area contributed by atoms with Gasteiger partial charge in [-0.15, -0.1) is 0 Å². The number of carbonyl (C=O) groups excluding carboxylic acids is 3. The molecule has 2 aromatic rings. The molecule has 0 spiro atoms. The maximum atomic E-state index is 13.3. The molecule has 2 aromatic carbocycles. The predicted octanol–water partition coefficient (Wildman–Crippen LogP) is 5.76. The van der Waals surface area contributed by atoms with Gasteiger partial charge >= 0.3 is 0 Å². The molecule has 0 saturated carbocycles. The Morgan fingerprint density at radius 1 is 0.949 bits per heavy atom. The maximum Gasteiger partial charge on any atom is 0.262 e. The van der Waals surface area contributed by atoms with Gasteiger partial charge in [-0.25, -0.2) is 0 Å². The van der Waals surface area contributed by atoms with Crippen LogP contribution in [0.4, 0.5) is 5.69 Å². The van der Waals surface area contributed by atoms with Crippen molar-refractivity contribution < 1.29 is 23.9 Å². The Hall–Kier alpha value is -3.87. The number of amides is 1. The number of ether oxygens (including phenoxy) is 2. The second-order valence-electron chi connectivity index (χ2n) is 10.4. The van der Waals surface area contributed by atoms with Crippen LogP contribution in [0.2, 0.25) is 0 Å². The Morgan fingerprint density at radius 3 is 2.23 bits per heavy atom. The highest BCUT2D eigenvalue weighted by Crippen LogP contribution is 2.49. The summed E-state index contributed by atoms with van der Waals surface area (Å²) in [4.78, 5) is 41.5. The molecule has 7 nitrogen and oxygen atoms in total. The fraction of sp³-hybridized carbons (Fsp3) is 0.406. The summed E-state index contributed by atoms with van der Waals surface area (Å²) < 4.78 is 11.5. The van der Waals surface area contributed by atoms with Crippen LogP contribution in [0.15, 0.2) is 58.9 Å². The van der Waals surface area contributed by atoms with Crippen molar-refractivity contribution in [2.45, 2.75) is 65.2 Å². The van der Waals surface area contributed by atoms with Crippen molar-refractivity contribution in [1.29, 1.82) is 0 Å². The third-order valence-corrected chi connectivity index (χ3v) is 8.16. The van der Waals surface area contributed by atoms with Crippen molar-refractivity contribution >= 4 is 23.2 Å². The molecule has 7 heteroatoms. The second-order valence-corrected chi connectivity index (χ2v) is 10.4. The fourth-order valence-electron chi connectivity index (χ4n) is 6.13. The maximum absolute atomic E-state index is 13.3. The summed E-state index contributed by atoms with van der Waals surface area (Å²) in [5.41, 5.74) is 7.33. The number of hydrogen-bond acceptors (Lipinski definition) is 6. The number of methoxy groups -OCH3 is 1. The molecule has 1 aliphatic heterocycles. The van der Waals surface area contributed by atoms with E-state index in [9.17, 15) is 14.4 Å². The van der Waals surface area contributed by atoms with E-state index >= 15 is 0 Å². The number of anilines is 1. The van der Waals surface area contributed by atoms with Crippen LogP contribution in [0.25, 0.3) is 0 Å². The van der Waals surface area contributed by atoms with Crippen LogP contribution < -0.4 is 14.8 Å². The Morgan fingerprint density at radius 2 is 1.62 bits per heavy atom. The Labute approximate surface area is 229 Å². The zero-order valence-electron chi connectivity index (χ0n) is 23.2. The standard InChI is InChI=1S/C32H36N2O5/c1-5-34-23-11-7-13-25(35)31(23)30(32-24(34)12-8-14-26(32)36)21-15-16-27(28(17-21)38-4)39-18-29(37)33-22-10-6-9-19(2)20(22)3/h6,9-10,15-17,30H,5,7-8,11-14,18H2,1-4H3,(H,33,37). The third kappa shape index (κ3) is 4.98. The van der Waals surface area contributed by atoms with Crippen LogP contribution in [0, 0.1) is 13.8 Å². The molecule has 0 unspecified atom stereocenters. The van der Waals surface area contributed by atoms with E-state index in [1.807, 2.05) is 44.2 Å². The number of carbonyl (C=O) groups is 3. The summed E-state index contributed by atoms with van der Waals surface area (Å²) in [6, 6.07) is 11.3. The van der Waals surface area contributed by atoms with Crippen LogP contribution in [-0.2, 0) is 14.4 Å². The van der Waals surface area contributed by atoms with E-state index < -0.39 is 5.92 Å². The van der Waals surface area contributed by atoms with Crippen LogP contribution in [-0.4, -0.2) is 42.6 Å². The molecule has 0 radical (unpaired) electrons. The zero-order valence-corrected chi connectivity index (χ0v) is 23.2. The van der Waals surface area contributed by atoms with E-state index in [4.69, 9.17) is 9.47 Å². The SMILES string of the molecule is CCN1C2=C(C(=O)CCC2)C(c2ccc(OCC(=O)Nc3cccc(C)c3C)c(OC)c2)C2=C1CCCC2=O. The summed E-state index contributed by atoms with van der Waals surface area (Å²) in [7, 11) is 1.55. The van der Waals surface area contributed by atoms with Gasteiger partial charge in [0.25, 0.3) is 5.91 Å². The molecule has 0 aromatic heterocycles. The first-order chi connectivity index (χ1) is 18.8. The summed E-state index contributed by atoms with van der Waals surface area (Å²) in [6.07, 6.45) is 4.33. The minimum absolute atomic E-state index is 0.118. The van der Waals surface area contributed by atoms with Crippen molar-refractivity contribution in [2.75, 3.05) is 25.6 Å². The van der Waals surface area contributed by atoms with Gasteiger partial charge in [0.2, 0.25) is 0 Å². The molecule has 5 rings (SSSR count). The second kappa shape index (κ2) is 11.1. The number of nitrogens with zero attached hydrogens (tertiary/aromatic N) is 1. The summed E-state index contributed by atoms with van der Waals surface area (Å²) >= 11 is 0. The quantitative estimate of drug-likeness (QED) is 0.492. The van der Waals surface area contributed by atoms with Gasteiger partial charge in [0.05, 0.1) is 7.11 Å². The molecule has 2 aliphatic carbocycles. The number of hydrogen-bond donors (Lipinski definition) is 1. The minimum atomic E-state index is -0.408. The predicted molar refractivity (Wildman–Crippen MR) is 150 cm³/mol. The van der Waals surface area contributed by atoms with Crippen LogP contribution in [0.1, 0.15) is 68.1 Å². The van der Waals surface area contributed by atoms with Crippen molar-refractivity contribution in [3.63, 3.8) is 0 Å². The van der Waals surface area contributed by atoms with Gasteiger partial charge in [0.15, 0.2) is 29.7 Å². The van der Waals surface area contributed by atoms with Crippen molar-refractivity contribution in [2.24, 2.45) is 0 Å². The Kier molecular flexibility index (Phi) is 7.60. The van der Waals surface area contributed by atoms with Crippen molar-refractivity contribution in [3.8, 4) is 11.5 Å². The Balaban J connectivity index is 1.44. The van der Waals surface area contributed by atoms with Gasteiger partial charge in [0.1, 0.15) is 0 Å². The minimum Gasteiger partial charge on any atom is -0.493 e. The lowest BCUT2D eigenvalue weighted by Crippen LogP contribution is -2.39. The lowest BCUT2D eigenvalue weighted by atomic mass is 9.71. The largest absolute Gasteiger partial charge is 0.493 e. The first-order valence-electron chi connectivity index (χ1n) is 13.8. The molecule has 39 heavy (non-hydrogen) atoms. The van der Waals surface area contributed by atoms with Gasteiger partial charge in [-0.3, -0.25) is 14.4 Å². The van der Waals surface area contributed by atoms with E-state index in [1.54, 1.807) is 13.2 Å². The Bertz CT molecular complexity index is 1360. The number of aryl methyl sites for hydroxylation is 1. The molecule has 0 atom stereocenters. The van der Waals surface area contributed by atoms with Gasteiger partial charge in [-0.2, -0.15) is 0 Å².